The highest BCUT2D eigenvalue weighted by atomic mass is 32.2. The van der Waals surface area contributed by atoms with E-state index in [1.54, 1.807) is 28.9 Å². The number of aromatic nitrogens is 3. The highest BCUT2D eigenvalue weighted by Gasteiger charge is 2.26. The zero-order valence-electron chi connectivity index (χ0n) is 11.8. The fourth-order valence-corrected chi connectivity index (χ4v) is 3.97. The molecule has 1 aliphatic heterocycles. The van der Waals surface area contributed by atoms with Crippen molar-refractivity contribution in [1.82, 2.24) is 19.5 Å². The summed E-state index contributed by atoms with van der Waals surface area (Å²) in [6, 6.07) is 8.27. The molecule has 3 rings (SSSR count). The molecule has 0 spiro atoms. The van der Waals surface area contributed by atoms with Gasteiger partial charge in [0.15, 0.2) is 0 Å². The van der Waals surface area contributed by atoms with Crippen LogP contribution in [-0.2, 0) is 22.3 Å². The van der Waals surface area contributed by atoms with Gasteiger partial charge >= 0.3 is 0 Å². The van der Waals surface area contributed by atoms with Crippen molar-refractivity contribution in [3.05, 3.63) is 47.5 Å². The van der Waals surface area contributed by atoms with Gasteiger partial charge < -0.3 is 0 Å². The van der Waals surface area contributed by atoms with Crippen molar-refractivity contribution in [1.29, 1.82) is 5.26 Å². The molecule has 22 heavy (non-hydrogen) atoms. The number of nitrogens with zero attached hydrogens (tertiary/aromatic N) is 4. The highest BCUT2D eigenvalue weighted by molar-refractivity contribution is 7.88. The Labute approximate surface area is 128 Å². The number of benzene rings is 1. The number of aryl methyl sites for hydroxylation is 1. The minimum atomic E-state index is -3.52. The highest BCUT2D eigenvalue weighted by Crippen LogP contribution is 2.23. The van der Waals surface area contributed by atoms with Crippen LogP contribution >= 0.6 is 0 Å². The van der Waals surface area contributed by atoms with Crippen LogP contribution in [0.15, 0.2) is 30.6 Å². The molecule has 0 radical (unpaired) electrons. The molecule has 8 heteroatoms. The number of nitrogens with one attached hydrogen (secondary N) is 1. The Morgan fingerprint density at radius 1 is 1.45 bits per heavy atom. The first-order chi connectivity index (χ1) is 10.6. The van der Waals surface area contributed by atoms with Crippen molar-refractivity contribution in [3.63, 3.8) is 0 Å². The van der Waals surface area contributed by atoms with Crippen LogP contribution in [0.25, 0.3) is 0 Å². The van der Waals surface area contributed by atoms with Gasteiger partial charge in [-0.3, -0.25) is 0 Å². The molecule has 1 atom stereocenters. The lowest BCUT2D eigenvalue weighted by atomic mass is 10.1. The molecule has 0 amide bonds. The number of nitriles is 1. The maximum absolute atomic E-state index is 12.3. The molecule has 1 aromatic carbocycles. The van der Waals surface area contributed by atoms with Gasteiger partial charge in [-0.2, -0.15) is 10.4 Å². The number of hydrogen-bond donors (Lipinski definition) is 1. The summed E-state index contributed by atoms with van der Waals surface area (Å²) in [5.74, 6) is 0.494. The Hall–Kier alpha value is -2.24. The molecule has 0 aliphatic carbocycles. The van der Waals surface area contributed by atoms with E-state index in [2.05, 4.69) is 14.8 Å². The quantitative estimate of drug-likeness (QED) is 0.910. The zero-order chi connectivity index (χ0) is 15.6. The summed E-state index contributed by atoms with van der Waals surface area (Å²) in [5, 5.41) is 13.0. The van der Waals surface area contributed by atoms with Crippen LogP contribution in [0.4, 0.5) is 0 Å². The summed E-state index contributed by atoms with van der Waals surface area (Å²) in [6.45, 7) is 0.762. The molecule has 0 saturated heterocycles. The lowest BCUT2D eigenvalue weighted by Gasteiger charge is -2.23. The Balaban J connectivity index is 1.76. The normalized spacial score (nSPS) is 17.7. The Bertz CT molecular complexity index is 822. The van der Waals surface area contributed by atoms with Gasteiger partial charge in [0.05, 0.1) is 23.4 Å². The van der Waals surface area contributed by atoms with Gasteiger partial charge in [0.1, 0.15) is 12.2 Å². The maximum atomic E-state index is 12.3. The molecule has 1 aliphatic rings. The van der Waals surface area contributed by atoms with Crippen LogP contribution in [0.2, 0.25) is 0 Å². The van der Waals surface area contributed by atoms with E-state index in [0.717, 1.165) is 13.0 Å². The van der Waals surface area contributed by atoms with E-state index in [1.165, 1.54) is 6.33 Å². The summed E-state index contributed by atoms with van der Waals surface area (Å²) in [4.78, 5) is 4.14. The topological polar surface area (TPSA) is 101 Å². The number of rotatable bonds is 4. The van der Waals surface area contributed by atoms with Crippen LogP contribution in [0.1, 0.15) is 35.8 Å². The number of hydrogen-bond acceptors (Lipinski definition) is 5. The molecule has 0 bridgehead atoms. The van der Waals surface area contributed by atoms with Crippen LogP contribution in [0.5, 0.6) is 0 Å². The van der Waals surface area contributed by atoms with Gasteiger partial charge in [0.25, 0.3) is 0 Å². The van der Waals surface area contributed by atoms with E-state index in [-0.39, 0.29) is 11.8 Å². The summed E-state index contributed by atoms with van der Waals surface area (Å²) in [6.07, 6.45) is 3.00. The smallest absolute Gasteiger partial charge is 0.216 e. The molecule has 114 valence electrons. The van der Waals surface area contributed by atoms with Gasteiger partial charge in [0.2, 0.25) is 10.0 Å². The first-order valence-electron chi connectivity index (χ1n) is 6.94. The molecule has 2 heterocycles. The lowest BCUT2D eigenvalue weighted by Crippen LogP contribution is -2.34. The molecule has 0 fully saturated rings. The second-order valence-electron chi connectivity index (χ2n) is 5.23. The molecule has 0 saturated carbocycles. The zero-order valence-corrected chi connectivity index (χ0v) is 12.6. The third-order valence-corrected chi connectivity index (χ3v) is 4.91. The Kier molecular flexibility index (Phi) is 3.92. The van der Waals surface area contributed by atoms with Crippen LogP contribution in [0.3, 0.4) is 0 Å². The molecular weight excluding hydrogens is 302 g/mol. The second kappa shape index (κ2) is 5.87. The van der Waals surface area contributed by atoms with E-state index in [4.69, 9.17) is 5.26 Å². The van der Waals surface area contributed by atoms with Gasteiger partial charge in [0, 0.05) is 6.54 Å². The number of sulfonamides is 1. The Morgan fingerprint density at radius 2 is 2.32 bits per heavy atom. The minimum absolute atomic E-state index is 0.160. The monoisotopic (exact) mass is 317 g/mol. The van der Waals surface area contributed by atoms with E-state index in [0.29, 0.717) is 23.4 Å². The summed E-state index contributed by atoms with van der Waals surface area (Å²) >= 11 is 0. The van der Waals surface area contributed by atoms with Gasteiger partial charge in [-0.15, -0.1) is 0 Å². The molecule has 2 aromatic rings. The third-order valence-electron chi connectivity index (χ3n) is 3.55. The van der Waals surface area contributed by atoms with Crippen molar-refractivity contribution >= 4 is 10.0 Å². The van der Waals surface area contributed by atoms with Crippen molar-refractivity contribution in [2.45, 2.75) is 31.2 Å². The minimum Gasteiger partial charge on any atom is -0.248 e. The van der Waals surface area contributed by atoms with Crippen molar-refractivity contribution in [2.75, 3.05) is 0 Å². The van der Waals surface area contributed by atoms with Crippen molar-refractivity contribution in [3.8, 4) is 6.07 Å². The van der Waals surface area contributed by atoms with Crippen LogP contribution in [-0.4, -0.2) is 23.2 Å². The first kappa shape index (κ1) is 14.7. The lowest BCUT2D eigenvalue weighted by molar-refractivity contribution is 0.400. The van der Waals surface area contributed by atoms with Crippen LogP contribution in [0, 0.1) is 11.3 Å². The molecular formula is C14H15N5O2S. The summed E-state index contributed by atoms with van der Waals surface area (Å²) in [7, 11) is -3.52. The molecule has 1 N–H and O–H groups in total. The second-order valence-corrected chi connectivity index (χ2v) is 6.98. The fraction of sp³-hybridized carbons (Fsp3) is 0.357. The van der Waals surface area contributed by atoms with Crippen LogP contribution < -0.4 is 4.72 Å². The summed E-state index contributed by atoms with van der Waals surface area (Å²) < 4.78 is 29.1. The maximum Gasteiger partial charge on any atom is 0.216 e. The first-order valence-corrected chi connectivity index (χ1v) is 8.59. The van der Waals surface area contributed by atoms with Gasteiger partial charge in [-0.25, -0.2) is 22.8 Å². The standard InChI is InChI=1S/C14H15N5O2S/c15-8-11-3-1-4-12(7-11)9-22(20,21)18-13-5-2-6-19-14(13)16-10-17-19/h1,3-4,7,10,13,18H,2,5-6,9H2. The van der Waals surface area contributed by atoms with Crippen molar-refractivity contribution < 1.29 is 8.42 Å². The summed E-state index contributed by atoms with van der Waals surface area (Å²) in [5.41, 5.74) is 1.04. The van der Waals surface area contributed by atoms with Gasteiger partial charge in [-0.1, -0.05) is 12.1 Å². The predicted molar refractivity (Wildman–Crippen MR) is 78.9 cm³/mol. The molecule has 7 nitrogen and oxygen atoms in total. The van der Waals surface area contributed by atoms with E-state index >= 15 is 0 Å². The molecule has 1 aromatic heterocycles. The largest absolute Gasteiger partial charge is 0.248 e. The van der Waals surface area contributed by atoms with E-state index in [1.807, 2.05) is 6.07 Å². The van der Waals surface area contributed by atoms with E-state index in [9.17, 15) is 8.42 Å². The van der Waals surface area contributed by atoms with E-state index < -0.39 is 10.0 Å². The average Bonchev–Trinajstić information content (AvgIpc) is 2.96. The van der Waals surface area contributed by atoms with Crippen molar-refractivity contribution in [2.24, 2.45) is 0 Å². The number of fused-ring (bicyclic) bond motifs is 1. The SMILES string of the molecule is N#Cc1cccc(CS(=O)(=O)NC2CCCn3ncnc32)c1. The predicted octanol–water partition coefficient (Wildman–Crippen LogP) is 1.10. The average molecular weight is 317 g/mol. The fourth-order valence-electron chi connectivity index (χ4n) is 2.61. The van der Waals surface area contributed by atoms with Gasteiger partial charge in [-0.05, 0) is 30.5 Å². The Morgan fingerprint density at radius 3 is 3.14 bits per heavy atom. The third kappa shape index (κ3) is 3.16. The molecule has 1 unspecified atom stereocenters.